The van der Waals surface area contributed by atoms with Crippen molar-refractivity contribution in [3.63, 3.8) is 0 Å². The summed E-state index contributed by atoms with van der Waals surface area (Å²) < 4.78 is 31.3. The largest absolute Gasteiger partial charge is 0.478 e. The van der Waals surface area contributed by atoms with Crippen molar-refractivity contribution in [3.8, 4) is 22.9 Å². The van der Waals surface area contributed by atoms with Crippen LogP contribution in [0.5, 0.6) is 0 Å². The number of benzene rings is 3. The highest BCUT2D eigenvalue weighted by Crippen LogP contribution is 2.45. The summed E-state index contributed by atoms with van der Waals surface area (Å²) in [5.74, 6) is -2.27. The van der Waals surface area contributed by atoms with Crippen LogP contribution in [0.2, 0.25) is 0 Å². The molecule has 4 aromatic rings. The molecule has 174 valence electrons. The summed E-state index contributed by atoms with van der Waals surface area (Å²) in [4.78, 5) is 15.8. The van der Waals surface area contributed by atoms with Gasteiger partial charge in [0.2, 0.25) is 0 Å². The molecule has 0 spiro atoms. The molecule has 1 aliphatic rings. The second-order valence-electron chi connectivity index (χ2n) is 9.29. The van der Waals surface area contributed by atoms with Gasteiger partial charge in [-0.05, 0) is 59.7 Å². The van der Waals surface area contributed by atoms with E-state index in [0.717, 1.165) is 28.1 Å². The average Bonchev–Trinajstić information content (AvgIpc) is 3.40. The summed E-state index contributed by atoms with van der Waals surface area (Å²) in [5, 5.41) is 19.7. The first-order chi connectivity index (χ1) is 16.7. The van der Waals surface area contributed by atoms with Crippen molar-refractivity contribution in [2.45, 2.75) is 32.2 Å². The molecule has 5 rings (SSSR count). The molecule has 0 aliphatic carbocycles. The third-order valence-corrected chi connectivity index (χ3v) is 6.45. The zero-order valence-electron chi connectivity index (χ0n) is 19.1. The smallest absolute Gasteiger partial charge is 0.335 e. The lowest BCUT2D eigenvalue weighted by atomic mass is 9.81. The number of fused-ring (bicyclic) bond motifs is 2. The molecule has 0 saturated heterocycles. The van der Waals surface area contributed by atoms with Gasteiger partial charge in [0.25, 0.3) is 0 Å². The molecular weight excluding hydrogens is 448 g/mol. The highest BCUT2D eigenvalue weighted by Gasteiger charge is 2.33. The number of rotatable bonds is 5. The Labute approximate surface area is 200 Å². The fourth-order valence-corrected chi connectivity index (χ4v) is 4.80. The molecule has 5 nitrogen and oxygen atoms in total. The third-order valence-electron chi connectivity index (χ3n) is 6.45. The minimum Gasteiger partial charge on any atom is -0.478 e. The van der Waals surface area contributed by atoms with Gasteiger partial charge in [-0.25, -0.2) is 13.6 Å². The molecule has 1 aliphatic heterocycles. The van der Waals surface area contributed by atoms with Crippen LogP contribution >= 0.6 is 0 Å². The fourth-order valence-electron chi connectivity index (χ4n) is 4.80. The van der Waals surface area contributed by atoms with E-state index >= 15 is 4.39 Å². The summed E-state index contributed by atoms with van der Waals surface area (Å²) in [6.45, 7) is 4.32. The molecular formula is C28H21F2N3O2. The Morgan fingerprint density at radius 3 is 2.54 bits per heavy atom. The van der Waals surface area contributed by atoms with Crippen molar-refractivity contribution in [1.82, 2.24) is 4.57 Å². The van der Waals surface area contributed by atoms with E-state index < -0.39 is 17.2 Å². The second kappa shape index (κ2) is 8.17. The minimum absolute atomic E-state index is 0.146. The van der Waals surface area contributed by atoms with Crippen molar-refractivity contribution in [2.24, 2.45) is 4.99 Å². The molecule has 0 atom stereocenters. The lowest BCUT2D eigenvalue weighted by molar-refractivity contribution is 0.0696. The van der Waals surface area contributed by atoms with Gasteiger partial charge in [0, 0.05) is 45.9 Å². The van der Waals surface area contributed by atoms with Crippen LogP contribution in [0.3, 0.4) is 0 Å². The molecule has 1 aromatic heterocycles. The van der Waals surface area contributed by atoms with Crippen LogP contribution in [-0.4, -0.2) is 21.9 Å². The lowest BCUT2D eigenvalue weighted by Crippen LogP contribution is -2.22. The van der Waals surface area contributed by atoms with Gasteiger partial charge in [0.15, 0.2) is 0 Å². The van der Waals surface area contributed by atoms with Gasteiger partial charge >= 0.3 is 5.97 Å². The Morgan fingerprint density at radius 2 is 1.89 bits per heavy atom. The Balaban J connectivity index is 1.95. The van der Waals surface area contributed by atoms with Gasteiger partial charge in [0.05, 0.1) is 23.7 Å². The van der Waals surface area contributed by atoms with Crippen LogP contribution in [0, 0.1) is 23.0 Å². The number of hydrogen-bond acceptors (Lipinski definition) is 3. The Morgan fingerprint density at radius 1 is 1.14 bits per heavy atom. The maximum atomic E-state index is 15.5. The maximum Gasteiger partial charge on any atom is 0.335 e. The maximum absolute atomic E-state index is 15.5. The zero-order chi connectivity index (χ0) is 24.9. The number of halogens is 2. The van der Waals surface area contributed by atoms with E-state index in [-0.39, 0.29) is 23.4 Å². The van der Waals surface area contributed by atoms with E-state index in [2.05, 4.69) is 11.1 Å². The number of nitrogens with zero attached hydrogens (tertiary/aromatic N) is 3. The van der Waals surface area contributed by atoms with Gasteiger partial charge in [-0.1, -0.05) is 19.9 Å². The first-order valence-electron chi connectivity index (χ1n) is 11.1. The molecule has 0 radical (unpaired) electrons. The summed E-state index contributed by atoms with van der Waals surface area (Å²) in [7, 11) is 0. The molecule has 7 heteroatoms. The van der Waals surface area contributed by atoms with Gasteiger partial charge in [0.1, 0.15) is 11.6 Å². The summed E-state index contributed by atoms with van der Waals surface area (Å²) in [6.07, 6.45) is 1.94. The van der Waals surface area contributed by atoms with Crippen LogP contribution in [0.4, 0.5) is 8.78 Å². The van der Waals surface area contributed by atoms with Crippen LogP contribution in [0.25, 0.3) is 27.7 Å². The SMILES string of the molecule is CC(C)(CC#N)c1c(-c2ccc(C(=O)O)cc2F)c2cc3c(cc2n1-c1ccc(F)cc1)C=NC3. The van der Waals surface area contributed by atoms with Crippen molar-refractivity contribution < 1.29 is 18.7 Å². The van der Waals surface area contributed by atoms with E-state index in [9.17, 15) is 19.6 Å². The first-order valence-corrected chi connectivity index (χ1v) is 11.1. The zero-order valence-corrected chi connectivity index (χ0v) is 19.1. The highest BCUT2D eigenvalue weighted by molar-refractivity contribution is 6.04. The highest BCUT2D eigenvalue weighted by atomic mass is 19.1. The number of aromatic nitrogens is 1. The monoisotopic (exact) mass is 469 g/mol. The average molecular weight is 469 g/mol. The predicted octanol–water partition coefficient (Wildman–Crippen LogP) is 6.40. The number of carboxylic acids is 1. The Hall–Kier alpha value is -4.31. The van der Waals surface area contributed by atoms with Gasteiger partial charge in [-0.15, -0.1) is 0 Å². The van der Waals surface area contributed by atoms with Crippen LogP contribution in [-0.2, 0) is 12.0 Å². The van der Waals surface area contributed by atoms with Crippen molar-refractivity contribution in [1.29, 1.82) is 5.26 Å². The van der Waals surface area contributed by atoms with E-state index in [1.54, 1.807) is 18.3 Å². The van der Waals surface area contributed by atoms with Gasteiger partial charge in [-0.3, -0.25) is 4.99 Å². The number of carbonyl (C=O) groups is 1. The van der Waals surface area contributed by atoms with E-state index in [1.807, 2.05) is 30.5 Å². The number of nitriles is 1. The van der Waals surface area contributed by atoms with E-state index in [4.69, 9.17) is 0 Å². The molecule has 0 unspecified atom stereocenters. The minimum atomic E-state index is -1.22. The molecule has 1 N–H and O–H groups in total. The molecule has 2 heterocycles. The summed E-state index contributed by atoms with van der Waals surface area (Å²) in [5.41, 5.74) is 3.98. The molecule has 0 fully saturated rings. The van der Waals surface area contributed by atoms with Crippen molar-refractivity contribution in [3.05, 3.63) is 88.6 Å². The lowest BCUT2D eigenvalue weighted by Gasteiger charge is -2.26. The van der Waals surface area contributed by atoms with Crippen LogP contribution < -0.4 is 0 Å². The van der Waals surface area contributed by atoms with Gasteiger partial charge in [-0.2, -0.15) is 5.26 Å². The summed E-state index contributed by atoms with van der Waals surface area (Å²) >= 11 is 0. The Bertz CT molecular complexity index is 1580. The van der Waals surface area contributed by atoms with E-state index in [0.29, 0.717) is 23.5 Å². The van der Waals surface area contributed by atoms with E-state index in [1.165, 1.54) is 24.3 Å². The number of carboxylic acid groups (broad SMARTS) is 1. The van der Waals surface area contributed by atoms with Crippen molar-refractivity contribution in [2.75, 3.05) is 0 Å². The Kier molecular flexibility index (Phi) is 5.25. The quantitative estimate of drug-likeness (QED) is 0.367. The standard InChI is InChI=1S/C28H21F2N3O2/c1-28(2,9-10-31)26-25(21-8-3-16(27(34)35)12-23(21)30)22-11-17-14-32-15-18(17)13-24(22)33(26)20-6-4-19(29)5-7-20/h3-8,11-13,15H,9,14H2,1-2H3,(H,34,35). The van der Waals surface area contributed by atoms with Gasteiger partial charge < -0.3 is 9.67 Å². The number of hydrogen-bond donors (Lipinski definition) is 1. The summed E-state index contributed by atoms with van der Waals surface area (Å²) in [6, 6.07) is 16.1. The topological polar surface area (TPSA) is 78.4 Å². The second-order valence-corrected chi connectivity index (χ2v) is 9.29. The molecule has 3 aromatic carbocycles. The van der Waals surface area contributed by atoms with Crippen molar-refractivity contribution >= 4 is 23.1 Å². The molecule has 0 saturated carbocycles. The third kappa shape index (κ3) is 3.68. The fraction of sp³-hybridized carbons (Fsp3) is 0.179. The molecule has 35 heavy (non-hydrogen) atoms. The molecule has 0 bridgehead atoms. The normalized spacial score (nSPS) is 12.7. The predicted molar refractivity (Wildman–Crippen MR) is 130 cm³/mol. The number of aromatic carboxylic acids is 1. The van der Waals surface area contributed by atoms with Crippen LogP contribution in [0.1, 0.15) is 47.4 Å². The molecule has 0 amide bonds. The number of aliphatic imine (C=N–C) groups is 1. The van der Waals surface area contributed by atoms with Crippen LogP contribution in [0.15, 0.2) is 59.6 Å². The first kappa shape index (κ1) is 22.5.